The van der Waals surface area contributed by atoms with E-state index in [2.05, 4.69) is 16.0 Å². The van der Waals surface area contributed by atoms with E-state index in [4.69, 9.17) is 10.5 Å². The summed E-state index contributed by atoms with van der Waals surface area (Å²) in [5, 5.41) is 0. The van der Waals surface area contributed by atoms with Crippen molar-refractivity contribution in [1.29, 1.82) is 0 Å². The first-order valence-corrected chi connectivity index (χ1v) is 6.25. The Bertz CT molecular complexity index is 367. The maximum atomic E-state index is 5.70. The maximum Gasteiger partial charge on any atom is 0.140 e. The van der Waals surface area contributed by atoms with E-state index in [1.54, 1.807) is 6.20 Å². The Morgan fingerprint density at radius 2 is 2.35 bits per heavy atom. The first-order chi connectivity index (χ1) is 8.19. The van der Waals surface area contributed by atoms with E-state index in [-0.39, 0.29) is 6.10 Å². The molecule has 2 rings (SSSR count). The number of nitrogens with two attached hydrogens (primary N) is 1. The number of hydrogen-bond donors (Lipinski definition) is 1. The predicted molar refractivity (Wildman–Crippen MR) is 69.4 cm³/mol. The second-order valence-corrected chi connectivity index (χ2v) is 4.88. The van der Waals surface area contributed by atoms with Gasteiger partial charge in [0.2, 0.25) is 0 Å². The summed E-state index contributed by atoms with van der Waals surface area (Å²) in [6.07, 6.45) is 5.01. The molecule has 0 amide bonds. The van der Waals surface area contributed by atoms with Crippen LogP contribution < -0.4 is 15.4 Å². The van der Waals surface area contributed by atoms with E-state index in [0.717, 1.165) is 31.1 Å². The SMILES string of the molecule is CC(C)Oc1cncc(N2CCC(CN)C2)c1. The lowest BCUT2D eigenvalue weighted by Gasteiger charge is -2.19. The molecule has 1 atom stereocenters. The average Bonchev–Trinajstić information content (AvgIpc) is 2.77. The molecule has 0 bridgehead atoms. The van der Waals surface area contributed by atoms with Crippen molar-refractivity contribution in [3.8, 4) is 5.75 Å². The molecule has 1 fully saturated rings. The quantitative estimate of drug-likeness (QED) is 0.862. The summed E-state index contributed by atoms with van der Waals surface area (Å²) in [5.74, 6) is 1.46. The van der Waals surface area contributed by atoms with E-state index in [0.29, 0.717) is 5.92 Å². The van der Waals surface area contributed by atoms with Gasteiger partial charge in [-0.1, -0.05) is 0 Å². The van der Waals surface area contributed by atoms with Crippen LogP contribution in [0.3, 0.4) is 0 Å². The van der Waals surface area contributed by atoms with Crippen LogP contribution in [0.25, 0.3) is 0 Å². The molecule has 1 aromatic heterocycles. The minimum absolute atomic E-state index is 0.183. The van der Waals surface area contributed by atoms with Crippen molar-refractivity contribution in [1.82, 2.24) is 4.98 Å². The molecule has 1 unspecified atom stereocenters. The molecule has 0 aliphatic carbocycles. The molecule has 1 saturated heterocycles. The monoisotopic (exact) mass is 235 g/mol. The van der Waals surface area contributed by atoms with Crippen LogP contribution in [-0.2, 0) is 0 Å². The highest BCUT2D eigenvalue weighted by atomic mass is 16.5. The second-order valence-electron chi connectivity index (χ2n) is 4.88. The molecule has 0 saturated carbocycles. The van der Waals surface area contributed by atoms with Gasteiger partial charge >= 0.3 is 0 Å². The van der Waals surface area contributed by atoms with Gasteiger partial charge < -0.3 is 15.4 Å². The lowest BCUT2D eigenvalue weighted by molar-refractivity contribution is 0.241. The Kier molecular flexibility index (Phi) is 3.84. The summed E-state index contributed by atoms with van der Waals surface area (Å²) in [7, 11) is 0. The first kappa shape index (κ1) is 12.2. The smallest absolute Gasteiger partial charge is 0.140 e. The Morgan fingerprint density at radius 3 is 3.00 bits per heavy atom. The lowest BCUT2D eigenvalue weighted by atomic mass is 10.1. The average molecular weight is 235 g/mol. The Balaban J connectivity index is 2.06. The highest BCUT2D eigenvalue weighted by molar-refractivity contribution is 5.49. The molecule has 4 heteroatoms. The summed E-state index contributed by atoms with van der Waals surface area (Å²) in [4.78, 5) is 6.57. The van der Waals surface area contributed by atoms with Crippen LogP contribution in [0.4, 0.5) is 5.69 Å². The van der Waals surface area contributed by atoms with Crippen molar-refractivity contribution in [3.63, 3.8) is 0 Å². The molecule has 0 radical (unpaired) electrons. The van der Waals surface area contributed by atoms with Gasteiger partial charge in [0.05, 0.1) is 24.2 Å². The highest BCUT2D eigenvalue weighted by Crippen LogP contribution is 2.25. The summed E-state index contributed by atoms with van der Waals surface area (Å²) < 4.78 is 5.65. The Morgan fingerprint density at radius 1 is 1.53 bits per heavy atom. The number of hydrogen-bond acceptors (Lipinski definition) is 4. The fourth-order valence-electron chi connectivity index (χ4n) is 2.18. The van der Waals surface area contributed by atoms with Gasteiger partial charge in [-0.2, -0.15) is 0 Å². The molecule has 94 valence electrons. The summed E-state index contributed by atoms with van der Waals surface area (Å²) in [5.41, 5.74) is 6.84. The zero-order valence-corrected chi connectivity index (χ0v) is 10.6. The number of aromatic nitrogens is 1. The molecule has 4 nitrogen and oxygen atoms in total. The van der Waals surface area contributed by atoms with E-state index >= 15 is 0 Å². The standard InChI is InChI=1S/C13H21N3O/c1-10(2)17-13-5-12(7-15-8-13)16-4-3-11(6-14)9-16/h5,7-8,10-11H,3-4,6,9,14H2,1-2H3. The van der Waals surface area contributed by atoms with Crippen LogP contribution in [0.5, 0.6) is 5.75 Å². The van der Waals surface area contributed by atoms with E-state index in [9.17, 15) is 0 Å². The topological polar surface area (TPSA) is 51.4 Å². The number of ether oxygens (including phenoxy) is 1. The predicted octanol–water partition coefficient (Wildman–Crippen LogP) is 1.65. The van der Waals surface area contributed by atoms with Crippen LogP contribution in [-0.4, -0.2) is 30.7 Å². The van der Waals surface area contributed by atoms with Crippen molar-refractivity contribution in [2.75, 3.05) is 24.5 Å². The van der Waals surface area contributed by atoms with Crippen LogP contribution in [0.2, 0.25) is 0 Å². The Labute approximate surface area is 103 Å². The van der Waals surface area contributed by atoms with E-state index in [1.807, 2.05) is 20.0 Å². The Hall–Kier alpha value is -1.29. The zero-order valence-electron chi connectivity index (χ0n) is 10.6. The van der Waals surface area contributed by atoms with Gasteiger partial charge in [-0.05, 0) is 32.7 Å². The summed E-state index contributed by atoms with van der Waals surface area (Å²) in [6.45, 7) is 6.91. The van der Waals surface area contributed by atoms with Gasteiger partial charge in [-0.25, -0.2) is 0 Å². The summed E-state index contributed by atoms with van der Waals surface area (Å²) >= 11 is 0. The molecule has 1 aliphatic heterocycles. The molecule has 2 N–H and O–H groups in total. The van der Waals surface area contributed by atoms with Crippen LogP contribution in [0.1, 0.15) is 20.3 Å². The largest absolute Gasteiger partial charge is 0.489 e. The molecule has 17 heavy (non-hydrogen) atoms. The van der Waals surface area contributed by atoms with Crippen LogP contribution in [0.15, 0.2) is 18.5 Å². The van der Waals surface area contributed by atoms with Crippen molar-refractivity contribution in [2.24, 2.45) is 11.7 Å². The van der Waals surface area contributed by atoms with Gasteiger partial charge in [0, 0.05) is 19.2 Å². The maximum absolute atomic E-state index is 5.70. The molecule has 2 heterocycles. The van der Waals surface area contributed by atoms with Crippen LogP contribution in [0, 0.1) is 5.92 Å². The van der Waals surface area contributed by atoms with Crippen molar-refractivity contribution < 1.29 is 4.74 Å². The summed E-state index contributed by atoms with van der Waals surface area (Å²) in [6, 6.07) is 2.06. The molecular weight excluding hydrogens is 214 g/mol. The molecule has 1 aliphatic rings. The molecule has 0 aromatic carbocycles. The second kappa shape index (κ2) is 5.36. The minimum atomic E-state index is 0.183. The molecule has 1 aromatic rings. The van der Waals surface area contributed by atoms with Crippen molar-refractivity contribution >= 4 is 5.69 Å². The van der Waals surface area contributed by atoms with E-state index in [1.165, 1.54) is 6.42 Å². The fourth-order valence-corrected chi connectivity index (χ4v) is 2.18. The normalized spacial score (nSPS) is 20.0. The number of rotatable bonds is 4. The lowest BCUT2D eigenvalue weighted by Crippen LogP contribution is -2.22. The van der Waals surface area contributed by atoms with E-state index < -0.39 is 0 Å². The number of nitrogens with zero attached hydrogens (tertiary/aromatic N) is 2. The first-order valence-electron chi connectivity index (χ1n) is 6.25. The third kappa shape index (κ3) is 3.09. The minimum Gasteiger partial charge on any atom is -0.489 e. The molecule has 0 spiro atoms. The fraction of sp³-hybridized carbons (Fsp3) is 0.615. The third-order valence-corrected chi connectivity index (χ3v) is 3.05. The third-order valence-electron chi connectivity index (χ3n) is 3.05. The van der Waals surface area contributed by atoms with Gasteiger partial charge in [-0.3, -0.25) is 4.98 Å². The highest BCUT2D eigenvalue weighted by Gasteiger charge is 2.21. The molecular formula is C13H21N3O. The van der Waals surface area contributed by atoms with Crippen molar-refractivity contribution in [2.45, 2.75) is 26.4 Å². The zero-order chi connectivity index (χ0) is 12.3. The van der Waals surface area contributed by atoms with Gasteiger partial charge in [0.25, 0.3) is 0 Å². The van der Waals surface area contributed by atoms with Gasteiger partial charge in [0.1, 0.15) is 5.75 Å². The van der Waals surface area contributed by atoms with Crippen LogP contribution >= 0.6 is 0 Å². The number of anilines is 1. The van der Waals surface area contributed by atoms with Gasteiger partial charge in [0.15, 0.2) is 0 Å². The van der Waals surface area contributed by atoms with Gasteiger partial charge in [-0.15, -0.1) is 0 Å². The van der Waals surface area contributed by atoms with Crippen molar-refractivity contribution in [3.05, 3.63) is 18.5 Å². The number of pyridine rings is 1.